The molecule has 0 radical (unpaired) electrons. The second-order valence-electron chi connectivity index (χ2n) is 5.81. The topological polar surface area (TPSA) is 0 Å². The van der Waals surface area contributed by atoms with Crippen LogP contribution in [0.3, 0.4) is 0 Å². The van der Waals surface area contributed by atoms with Crippen molar-refractivity contribution in [1.82, 2.24) is 0 Å². The van der Waals surface area contributed by atoms with Crippen LogP contribution in [0.1, 0.15) is 48.4 Å². The number of allylic oxidation sites excluding steroid dienone is 1. The van der Waals surface area contributed by atoms with Gasteiger partial charge in [-0.15, -0.1) is 0 Å². The molecule has 3 rings (SSSR count). The smallest absolute Gasteiger partial charge is 0.123 e. The maximum atomic E-state index is 13.2. The number of hydrogen-bond acceptors (Lipinski definition) is 0. The molecule has 0 atom stereocenters. The summed E-state index contributed by atoms with van der Waals surface area (Å²) in [5, 5.41) is 0. The second kappa shape index (κ2) is 6.26. The van der Waals surface area contributed by atoms with Crippen LogP contribution in [0, 0.1) is 5.82 Å². The molecular weight excluding hydrogens is 259 g/mol. The molecule has 108 valence electrons. The van der Waals surface area contributed by atoms with Gasteiger partial charge >= 0.3 is 0 Å². The lowest BCUT2D eigenvalue weighted by atomic mass is 9.88. The summed E-state index contributed by atoms with van der Waals surface area (Å²) in [6.45, 7) is 2.22. The summed E-state index contributed by atoms with van der Waals surface area (Å²) in [5.41, 5.74) is 6.35. The molecule has 0 spiro atoms. The Labute approximate surface area is 126 Å². The van der Waals surface area contributed by atoms with E-state index in [2.05, 4.69) is 37.3 Å². The minimum atomic E-state index is -0.133. The van der Waals surface area contributed by atoms with Crippen molar-refractivity contribution in [1.29, 1.82) is 0 Å². The van der Waals surface area contributed by atoms with E-state index in [1.807, 2.05) is 6.07 Å². The van der Waals surface area contributed by atoms with Crippen molar-refractivity contribution in [2.45, 2.75) is 39.0 Å². The van der Waals surface area contributed by atoms with E-state index >= 15 is 0 Å². The van der Waals surface area contributed by atoms with E-state index in [9.17, 15) is 4.39 Å². The second-order valence-corrected chi connectivity index (χ2v) is 5.81. The first-order valence-electron chi connectivity index (χ1n) is 7.84. The Kier molecular flexibility index (Phi) is 4.19. The zero-order chi connectivity index (χ0) is 14.7. The van der Waals surface area contributed by atoms with E-state index < -0.39 is 0 Å². The van der Waals surface area contributed by atoms with Crippen LogP contribution in [0.5, 0.6) is 0 Å². The average molecular weight is 280 g/mol. The largest absolute Gasteiger partial charge is 0.207 e. The number of fused-ring (bicyclic) bond motifs is 1. The number of rotatable bonds is 4. The van der Waals surface area contributed by atoms with Crippen LogP contribution in [-0.4, -0.2) is 0 Å². The third-order valence-corrected chi connectivity index (χ3v) is 4.24. The van der Waals surface area contributed by atoms with Gasteiger partial charge in [-0.05, 0) is 65.6 Å². The predicted octanol–water partition coefficient (Wildman–Crippen LogP) is 5.66. The van der Waals surface area contributed by atoms with Gasteiger partial charge in [0.25, 0.3) is 0 Å². The van der Waals surface area contributed by atoms with Gasteiger partial charge in [-0.2, -0.15) is 0 Å². The fourth-order valence-corrected chi connectivity index (χ4v) is 2.95. The molecule has 0 fully saturated rings. The third-order valence-electron chi connectivity index (χ3n) is 4.24. The van der Waals surface area contributed by atoms with Crippen molar-refractivity contribution in [2.75, 3.05) is 0 Å². The summed E-state index contributed by atoms with van der Waals surface area (Å²) >= 11 is 0. The Bertz CT molecular complexity index is 650. The highest BCUT2D eigenvalue weighted by Crippen LogP contribution is 2.30. The molecule has 21 heavy (non-hydrogen) atoms. The van der Waals surface area contributed by atoms with Gasteiger partial charge in [-0.1, -0.05) is 49.8 Å². The first-order chi connectivity index (χ1) is 10.3. The van der Waals surface area contributed by atoms with E-state index in [4.69, 9.17) is 0 Å². The van der Waals surface area contributed by atoms with Crippen LogP contribution in [-0.2, 0) is 12.8 Å². The highest BCUT2D eigenvalue weighted by atomic mass is 19.1. The molecule has 2 aromatic rings. The van der Waals surface area contributed by atoms with E-state index in [-0.39, 0.29) is 5.82 Å². The van der Waals surface area contributed by atoms with Gasteiger partial charge in [0.15, 0.2) is 0 Å². The molecular formula is C20H21F. The summed E-state index contributed by atoms with van der Waals surface area (Å²) in [7, 11) is 0. The van der Waals surface area contributed by atoms with E-state index in [1.54, 1.807) is 12.1 Å². The third kappa shape index (κ3) is 3.24. The van der Waals surface area contributed by atoms with Crippen LogP contribution in [0.25, 0.3) is 11.6 Å². The van der Waals surface area contributed by atoms with Gasteiger partial charge in [0.05, 0.1) is 0 Å². The van der Waals surface area contributed by atoms with Crippen molar-refractivity contribution in [3.05, 3.63) is 70.5 Å². The molecule has 0 aromatic heterocycles. The SMILES string of the molecule is CCCCc1ccc(C2=Cc3ccc(F)cc3CC2)cc1. The molecule has 0 aliphatic heterocycles. The highest BCUT2D eigenvalue weighted by Gasteiger charge is 2.12. The van der Waals surface area contributed by atoms with Crippen LogP contribution in [0.2, 0.25) is 0 Å². The number of halogens is 1. The van der Waals surface area contributed by atoms with Crippen molar-refractivity contribution in [3.8, 4) is 0 Å². The molecule has 0 saturated carbocycles. The van der Waals surface area contributed by atoms with Crippen LogP contribution >= 0.6 is 0 Å². The molecule has 1 heteroatoms. The summed E-state index contributed by atoms with van der Waals surface area (Å²) in [5.74, 6) is -0.133. The highest BCUT2D eigenvalue weighted by molar-refractivity contribution is 5.84. The van der Waals surface area contributed by atoms with Gasteiger partial charge in [0.2, 0.25) is 0 Å². The lowest BCUT2D eigenvalue weighted by molar-refractivity contribution is 0.625. The van der Waals surface area contributed by atoms with Gasteiger partial charge in [-0.3, -0.25) is 0 Å². The summed E-state index contributed by atoms with van der Waals surface area (Å²) in [6.07, 6.45) is 7.78. The Hall–Kier alpha value is -1.89. The zero-order valence-corrected chi connectivity index (χ0v) is 12.5. The number of aryl methyl sites for hydroxylation is 2. The van der Waals surface area contributed by atoms with Crippen molar-refractivity contribution in [3.63, 3.8) is 0 Å². The van der Waals surface area contributed by atoms with Gasteiger partial charge in [0, 0.05) is 0 Å². The van der Waals surface area contributed by atoms with E-state index in [1.165, 1.54) is 29.5 Å². The minimum Gasteiger partial charge on any atom is -0.207 e. The predicted molar refractivity (Wildman–Crippen MR) is 87.6 cm³/mol. The maximum absolute atomic E-state index is 13.2. The summed E-state index contributed by atoms with van der Waals surface area (Å²) in [4.78, 5) is 0. The normalized spacial score (nSPS) is 13.7. The Morgan fingerprint density at radius 3 is 2.57 bits per heavy atom. The van der Waals surface area contributed by atoms with Crippen molar-refractivity contribution < 1.29 is 4.39 Å². The van der Waals surface area contributed by atoms with Crippen LogP contribution in [0.15, 0.2) is 42.5 Å². The van der Waals surface area contributed by atoms with Gasteiger partial charge < -0.3 is 0 Å². The maximum Gasteiger partial charge on any atom is 0.123 e. The molecule has 0 nitrogen and oxygen atoms in total. The fraction of sp³-hybridized carbons (Fsp3) is 0.300. The average Bonchev–Trinajstić information content (AvgIpc) is 2.53. The number of benzene rings is 2. The van der Waals surface area contributed by atoms with E-state index in [0.29, 0.717) is 0 Å². The Morgan fingerprint density at radius 1 is 1.00 bits per heavy atom. The lowest BCUT2D eigenvalue weighted by Crippen LogP contribution is -2.00. The molecule has 0 amide bonds. The number of unbranched alkanes of at least 4 members (excludes halogenated alkanes) is 1. The molecule has 2 aromatic carbocycles. The lowest BCUT2D eigenvalue weighted by Gasteiger charge is -2.17. The Morgan fingerprint density at radius 2 is 1.81 bits per heavy atom. The quantitative estimate of drug-likeness (QED) is 0.678. The Balaban J connectivity index is 1.82. The zero-order valence-electron chi connectivity index (χ0n) is 12.5. The molecule has 0 unspecified atom stereocenters. The fourth-order valence-electron chi connectivity index (χ4n) is 2.95. The molecule has 1 aliphatic rings. The van der Waals surface area contributed by atoms with Crippen LogP contribution in [0.4, 0.5) is 4.39 Å². The van der Waals surface area contributed by atoms with Gasteiger partial charge in [-0.25, -0.2) is 4.39 Å². The molecule has 0 saturated heterocycles. The first-order valence-corrected chi connectivity index (χ1v) is 7.84. The first kappa shape index (κ1) is 14.1. The summed E-state index contributed by atoms with van der Waals surface area (Å²) in [6, 6.07) is 14.0. The van der Waals surface area contributed by atoms with E-state index in [0.717, 1.165) is 30.4 Å². The monoisotopic (exact) mass is 280 g/mol. The molecule has 0 bridgehead atoms. The van der Waals surface area contributed by atoms with Crippen molar-refractivity contribution in [2.24, 2.45) is 0 Å². The molecule has 1 aliphatic carbocycles. The standard InChI is InChI=1S/C20H21F/c1-2-3-4-15-5-7-16(8-6-15)17-9-10-19-14-20(21)12-11-18(19)13-17/h5-8,11-14H,2-4,9-10H2,1H3. The van der Waals surface area contributed by atoms with Crippen LogP contribution < -0.4 is 0 Å². The molecule has 0 heterocycles. The van der Waals surface area contributed by atoms with Gasteiger partial charge in [0.1, 0.15) is 5.82 Å². The molecule has 0 N–H and O–H groups in total. The minimum absolute atomic E-state index is 0.133. The van der Waals surface area contributed by atoms with Crippen molar-refractivity contribution >= 4 is 11.6 Å². The summed E-state index contributed by atoms with van der Waals surface area (Å²) < 4.78 is 13.2. The number of hydrogen-bond donors (Lipinski definition) is 0.